The third-order valence-electron chi connectivity index (χ3n) is 2.56. The molecule has 1 saturated heterocycles. The van der Waals surface area contributed by atoms with E-state index in [0.717, 1.165) is 35.7 Å². The number of nitrogens with zero attached hydrogens (tertiary/aromatic N) is 2. The lowest BCUT2D eigenvalue weighted by atomic mass is 10.2. The summed E-state index contributed by atoms with van der Waals surface area (Å²) in [6.07, 6.45) is 1.37. The van der Waals surface area contributed by atoms with Crippen molar-refractivity contribution in [2.45, 2.75) is 32.6 Å². The highest BCUT2D eigenvalue weighted by atomic mass is 79.9. The predicted octanol–water partition coefficient (Wildman–Crippen LogP) is 1.24. The summed E-state index contributed by atoms with van der Waals surface area (Å²) in [4.78, 5) is 4.26. The summed E-state index contributed by atoms with van der Waals surface area (Å²) in [5.41, 5.74) is 1.74. The molecule has 78 valence electrons. The van der Waals surface area contributed by atoms with Crippen molar-refractivity contribution in [3.63, 3.8) is 0 Å². The van der Waals surface area contributed by atoms with Crippen LogP contribution in [0.2, 0.25) is 0 Å². The lowest BCUT2D eigenvalue weighted by Crippen LogP contribution is -2.31. The summed E-state index contributed by atoms with van der Waals surface area (Å²) in [6.45, 7) is 3.55. The van der Waals surface area contributed by atoms with Crippen molar-refractivity contribution < 1.29 is 9.84 Å². The van der Waals surface area contributed by atoms with Gasteiger partial charge in [-0.25, -0.2) is 4.98 Å². The van der Waals surface area contributed by atoms with Gasteiger partial charge >= 0.3 is 0 Å². The van der Waals surface area contributed by atoms with E-state index in [2.05, 4.69) is 20.9 Å². The van der Waals surface area contributed by atoms with E-state index in [1.165, 1.54) is 0 Å². The molecule has 1 aliphatic heterocycles. The van der Waals surface area contributed by atoms with E-state index in [-0.39, 0.29) is 12.7 Å². The Hall–Kier alpha value is -0.390. The molecular formula is C9H13BrN2O2. The molecule has 1 aliphatic rings. The highest BCUT2D eigenvalue weighted by Crippen LogP contribution is 2.21. The quantitative estimate of drug-likeness (QED) is 0.890. The molecule has 0 amide bonds. The molecule has 1 unspecified atom stereocenters. The Kier molecular flexibility index (Phi) is 2.90. The van der Waals surface area contributed by atoms with E-state index in [1.54, 1.807) is 0 Å². The Morgan fingerprint density at radius 2 is 2.43 bits per heavy atom. The minimum Gasteiger partial charge on any atom is -0.390 e. The molecular weight excluding hydrogens is 248 g/mol. The average molecular weight is 261 g/mol. The SMILES string of the molecule is Cc1nc(Br)n(CC2CCO2)c1CO. The predicted molar refractivity (Wildman–Crippen MR) is 54.9 cm³/mol. The second-order valence-electron chi connectivity index (χ2n) is 3.46. The molecule has 1 aromatic rings. The van der Waals surface area contributed by atoms with Crippen molar-refractivity contribution in [3.05, 3.63) is 16.1 Å². The Morgan fingerprint density at radius 3 is 2.93 bits per heavy atom. The standard InChI is InChI=1S/C9H13BrN2O2/c1-6-8(5-13)12(9(10)11-6)4-7-2-3-14-7/h7,13H,2-5H2,1H3. The van der Waals surface area contributed by atoms with E-state index in [4.69, 9.17) is 4.74 Å². The molecule has 5 heteroatoms. The number of rotatable bonds is 3. The van der Waals surface area contributed by atoms with Gasteiger partial charge in [-0.2, -0.15) is 0 Å². The highest BCUT2D eigenvalue weighted by molar-refractivity contribution is 9.10. The van der Waals surface area contributed by atoms with E-state index in [9.17, 15) is 5.11 Å². The molecule has 0 aromatic carbocycles. The van der Waals surface area contributed by atoms with Crippen molar-refractivity contribution in [1.82, 2.24) is 9.55 Å². The lowest BCUT2D eigenvalue weighted by Gasteiger charge is -2.27. The minimum absolute atomic E-state index is 0.0250. The smallest absolute Gasteiger partial charge is 0.177 e. The van der Waals surface area contributed by atoms with Crippen LogP contribution in [0.25, 0.3) is 0 Å². The first kappa shape index (κ1) is 10.1. The number of aryl methyl sites for hydroxylation is 1. The fraction of sp³-hybridized carbons (Fsp3) is 0.667. The molecule has 1 N–H and O–H groups in total. The van der Waals surface area contributed by atoms with Gasteiger partial charge in [-0.15, -0.1) is 0 Å². The first-order valence-electron chi connectivity index (χ1n) is 4.66. The Morgan fingerprint density at radius 1 is 1.71 bits per heavy atom. The normalized spacial score (nSPS) is 20.9. The van der Waals surface area contributed by atoms with Crippen molar-refractivity contribution in [1.29, 1.82) is 0 Å². The minimum atomic E-state index is 0.0250. The highest BCUT2D eigenvalue weighted by Gasteiger charge is 2.21. The average Bonchev–Trinajstić information content (AvgIpc) is 2.33. The second-order valence-corrected chi connectivity index (χ2v) is 4.17. The summed E-state index contributed by atoms with van der Waals surface area (Å²) in [5.74, 6) is 0. The van der Waals surface area contributed by atoms with Crippen LogP contribution >= 0.6 is 15.9 Å². The summed E-state index contributed by atoms with van der Waals surface area (Å²) >= 11 is 3.38. The molecule has 1 atom stereocenters. The Labute approximate surface area is 91.0 Å². The van der Waals surface area contributed by atoms with Gasteiger partial charge in [0.05, 0.1) is 30.6 Å². The van der Waals surface area contributed by atoms with Gasteiger partial charge in [0, 0.05) is 6.61 Å². The van der Waals surface area contributed by atoms with Crippen molar-refractivity contribution in [3.8, 4) is 0 Å². The number of aliphatic hydroxyl groups is 1. The van der Waals surface area contributed by atoms with Crippen LogP contribution in [0.1, 0.15) is 17.8 Å². The number of aliphatic hydroxyl groups excluding tert-OH is 1. The maximum Gasteiger partial charge on any atom is 0.177 e. The van der Waals surface area contributed by atoms with Crippen molar-refractivity contribution in [2.75, 3.05) is 6.61 Å². The van der Waals surface area contributed by atoms with Gasteiger partial charge < -0.3 is 14.4 Å². The van der Waals surface area contributed by atoms with Crippen LogP contribution in [0.4, 0.5) is 0 Å². The molecule has 0 bridgehead atoms. The molecule has 4 nitrogen and oxygen atoms in total. The van der Waals surface area contributed by atoms with E-state index >= 15 is 0 Å². The van der Waals surface area contributed by atoms with Crippen LogP contribution in [-0.4, -0.2) is 27.4 Å². The zero-order valence-electron chi connectivity index (χ0n) is 8.03. The van der Waals surface area contributed by atoms with Gasteiger partial charge in [-0.05, 0) is 29.3 Å². The zero-order chi connectivity index (χ0) is 10.1. The maximum absolute atomic E-state index is 9.19. The third-order valence-corrected chi connectivity index (χ3v) is 3.16. The van der Waals surface area contributed by atoms with Crippen LogP contribution in [-0.2, 0) is 17.9 Å². The monoisotopic (exact) mass is 260 g/mol. The number of hydrogen-bond acceptors (Lipinski definition) is 3. The molecule has 0 spiro atoms. The van der Waals surface area contributed by atoms with Gasteiger partial charge in [-0.3, -0.25) is 0 Å². The van der Waals surface area contributed by atoms with Crippen LogP contribution in [0.15, 0.2) is 4.73 Å². The van der Waals surface area contributed by atoms with Gasteiger partial charge in [0.2, 0.25) is 0 Å². The van der Waals surface area contributed by atoms with Gasteiger partial charge in [0.15, 0.2) is 4.73 Å². The van der Waals surface area contributed by atoms with E-state index in [0.29, 0.717) is 0 Å². The molecule has 0 saturated carbocycles. The van der Waals surface area contributed by atoms with Crippen molar-refractivity contribution in [2.24, 2.45) is 0 Å². The fourth-order valence-electron chi connectivity index (χ4n) is 1.59. The first-order chi connectivity index (χ1) is 6.72. The lowest BCUT2D eigenvalue weighted by molar-refractivity contribution is -0.0601. The third kappa shape index (κ3) is 1.71. The molecule has 2 rings (SSSR count). The maximum atomic E-state index is 9.19. The number of aromatic nitrogens is 2. The zero-order valence-corrected chi connectivity index (χ0v) is 9.62. The molecule has 2 heterocycles. The van der Waals surface area contributed by atoms with Crippen LogP contribution < -0.4 is 0 Å². The Bertz CT molecular complexity index is 334. The summed E-state index contributed by atoms with van der Waals surface area (Å²) in [7, 11) is 0. The largest absolute Gasteiger partial charge is 0.390 e. The van der Waals surface area contributed by atoms with Crippen LogP contribution in [0.3, 0.4) is 0 Å². The number of imidazole rings is 1. The Balaban J connectivity index is 2.20. The van der Waals surface area contributed by atoms with E-state index in [1.807, 2.05) is 11.5 Å². The van der Waals surface area contributed by atoms with E-state index < -0.39 is 0 Å². The van der Waals surface area contributed by atoms with Gasteiger partial charge in [0.25, 0.3) is 0 Å². The molecule has 14 heavy (non-hydrogen) atoms. The van der Waals surface area contributed by atoms with Gasteiger partial charge in [0.1, 0.15) is 0 Å². The second kappa shape index (κ2) is 4.00. The summed E-state index contributed by atoms with van der Waals surface area (Å²) < 4.78 is 8.09. The fourth-order valence-corrected chi connectivity index (χ4v) is 2.21. The first-order valence-corrected chi connectivity index (χ1v) is 5.45. The van der Waals surface area contributed by atoms with Gasteiger partial charge in [-0.1, -0.05) is 0 Å². The van der Waals surface area contributed by atoms with Crippen molar-refractivity contribution >= 4 is 15.9 Å². The number of halogens is 1. The van der Waals surface area contributed by atoms with Crippen LogP contribution in [0, 0.1) is 6.92 Å². The van der Waals surface area contributed by atoms with Crippen LogP contribution in [0.5, 0.6) is 0 Å². The molecule has 1 fully saturated rings. The summed E-state index contributed by atoms with van der Waals surface area (Å²) in [6, 6.07) is 0. The topological polar surface area (TPSA) is 47.3 Å². The number of hydrogen-bond donors (Lipinski definition) is 1. The summed E-state index contributed by atoms with van der Waals surface area (Å²) in [5, 5.41) is 9.19. The molecule has 0 aliphatic carbocycles. The molecule has 0 radical (unpaired) electrons. The molecule has 1 aromatic heterocycles. The number of ether oxygens (including phenoxy) is 1.